The molecule has 1 aromatic carbocycles. The van der Waals surface area contributed by atoms with Gasteiger partial charge in [0.2, 0.25) is 0 Å². The number of hydrogen-bond acceptors (Lipinski definition) is 4. The van der Waals surface area contributed by atoms with Crippen LogP contribution in [-0.4, -0.2) is 37.9 Å². The summed E-state index contributed by atoms with van der Waals surface area (Å²) < 4.78 is 6.58. The lowest BCUT2D eigenvalue weighted by molar-refractivity contribution is 0.0694. The minimum absolute atomic E-state index is 0.115. The van der Waals surface area contributed by atoms with Gasteiger partial charge in [0.15, 0.2) is 0 Å². The van der Waals surface area contributed by atoms with Crippen LogP contribution < -0.4 is 10.6 Å². The van der Waals surface area contributed by atoms with Crippen LogP contribution in [-0.2, 0) is 4.74 Å². The van der Waals surface area contributed by atoms with Gasteiger partial charge >= 0.3 is 5.97 Å². The van der Waals surface area contributed by atoms with E-state index in [2.05, 4.69) is 10.6 Å². The molecule has 0 radical (unpaired) electrons. The molecule has 0 fully saturated rings. The van der Waals surface area contributed by atoms with Crippen molar-refractivity contribution >= 4 is 85.3 Å². The van der Waals surface area contributed by atoms with Crippen LogP contribution >= 0.6 is 67.8 Å². The molecule has 0 spiro atoms. The normalized spacial score (nSPS) is 10.2. The van der Waals surface area contributed by atoms with Gasteiger partial charge in [-0.1, -0.05) is 0 Å². The molecule has 110 valence electrons. The van der Waals surface area contributed by atoms with Crippen LogP contribution in [0.2, 0.25) is 0 Å². The molecule has 1 amide bonds. The van der Waals surface area contributed by atoms with Crippen LogP contribution in [0.15, 0.2) is 0 Å². The first-order valence-electron chi connectivity index (χ1n) is 5.25. The van der Waals surface area contributed by atoms with E-state index < -0.39 is 5.97 Å². The summed E-state index contributed by atoms with van der Waals surface area (Å²) in [5, 5.41) is 14.9. The first-order valence-corrected chi connectivity index (χ1v) is 8.49. The summed E-state index contributed by atoms with van der Waals surface area (Å²) in [6, 6.07) is 0. The Hall–Kier alpha value is 0.110. The summed E-state index contributed by atoms with van der Waals surface area (Å²) in [6.07, 6.45) is 0. The van der Waals surface area contributed by atoms with Crippen molar-refractivity contribution in [2.24, 2.45) is 0 Å². The number of nitrogens with one attached hydrogen (secondary N) is 2. The number of carbonyl (C=O) groups excluding carboxylic acids is 1. The van der Waals surface area contributed by atoms with Gasteiger partial charge in [-0.15, -0.1) is 0 Å². The molecule has 0 aliphatic carbocycles. The number of halogens is 3. The SMILES string of the molecule is CNC(=O)c1c(I)c(NCOC)c(I)c(C(=O)O)c1I. The van der Waals surface area contributed by atoms with E-state index >= 15 is 0 Å². The minimum Gasteiger partial charge on any atom is -0.478 e. The van der Waals surface area contributed by atoms with E-state index in [-0.39, 0.29) is 18.2 Å². The smallest absolute Gasteiger partial charge is 0.337 e. The van der Waals surface area contributed by atoms with Gasteiger partial charge in [-0.25, -0.2) is 4.79 Å². The van der Waals surface area contributed by atoms with Gasteiger partial charge in [-0.3, -0.25) is 4.79 Å². The molecular formula is C11H11I3N2O4. The Labute approximate surface area is 156 Å². The van der Waals surface area contributed by atoms with Crippen LogP contribution in [0.25, 0.3) is 0 Å². The largest absolute Gasteiger partial charge is 0.478 e. The van der Waals surface area contributed by atoms with Crippen molar-refractivity contribution in [2.75, 3.05) is 26.2 Å². The van der Waals surface area contributed by atoms with Gasteiger partial charge in [0.05, 0.1) is 24.0 Å². The summed E-state index contributed by atoms with van der Waals surface area (Å²) in [7, 11) is 3.03. The molecule has 0 saturated carbocycles. The maximum Gasteiger partial charge on any atom is 0.337 e. The van der Waals surface area contributed by atoms with Crippen molar-refractivity contribution in [3.8, 4) is 0 Å². The summed E-state index contributed by atoms with van der Waals surface area (Å²) in [5.74, 6) is -1.39. The number of amides is 1. The molecule has 3 N–H and O–H groups in total. The van der Waals surface area contributed by atoms with E-state index in [1.54, 1.807) is 0 Å². The zero-order valence-corrected chi connectivity index (χ0v) is 17.0. The molecule has 0 saturated heterocycles. The second-order valence-corrected chi connectivity index (χ2v) is 6.80. The van der Waals surface area contributed by atoms with Gasteiger partial charge in [-0.2, -0.15) is 0 Å². The quantitative estimate of drug-likeness (QED) is 0.350. The highest BCUT2D eigenvalue weighted by atomic mass is 127. The Kier molecular flexibility index (Phi) is 7.20. The molecule has 1 rings (SSSR count). The van der Waals surface area contributed by atoms with Crippen LogP contribution in [0.4, 0.5) is 5.69 Å². The molecule has 9 heteroatoms. The van der Waals surface area contributed by atoms with E-state index in [0.717, 1.165) is 0 Å². The van der Waals surface area contributed by atoms with Crippen LogP contribution in [0.3, 0.4) is 0 Å². The first-order chi connectivity index (χ1) is 9.36. The monoisotopic (exact) mass is 616 g/mol. The van der Waals surface area contributed by atoms with Gasteiger partial charge in [0.25, 0.3) is 5.91 Å². The lowest BCUT2D eigenvalue weighted by Gasteiger charge is -2.17. The summed E-state index contributed by atoms with van der Waals surface area (Å²) in [4.78, 5) is 23.4. The molecule has 6 nitrogen and oxygen atoms in total. The average molecular weight is 616 g/mol. The molecule has 0 unspecified atom stereocenters. The molecule has 0 aromatic heterocycles. The van der Waals surface area contributed by atoms with Crippen molar-refractivity contribution in [3.05, 3.63) is 21.8 Å². The Morgan fingerprint density at radius 2 is 1.70 bits per heavy atom. The molecular weight excluding hydrogens is 605 g/mol. The number of ether oxygens (including phenoxy) is 1. The summed E-state index contributed by atoms with van der Waals surface area (Å²) >= 11 is 5.88. The van der Waals surface area contributed by atoms with E-state index in [9.17, 15) is 14.7 Å². The topological polar surface area (TPSA) is 87.7 Å². The predicted octanol–water partition coefficient (Wildman–Crippen LogP) is 2.57. The zero-order valence-electron chi connectivity index (χ0n) is 10.5. The molecule has 20 heavy (non-hydrogen) atoms. The second kappa shape index (κ2) is 7.93. The van der Waals surface area contributed by atoms with E-state index in [4.69, 9.17) is 4.74 Å². The van der Waals surface area contributed by atoms with E-state index in [0.29, 0.717) is 22.0 Å². The zero-order chi connectivity index (χ0) is 15.4. The highest BCUT2D eigenvalue weighted by molar-refractivity contribution is 14.1. The van der Waals surface area contributed by atoms with Gasteiger partial charge < -0.3 is 20.5 Å². The Bertz CT molecular complexity index is 563. The molecule has 1 aromatic rings. The number of aromatic carboxylic acids is 1. The molecule has 0 aliphatic heterocycles. The van der Waals surface area contributed by atoms with Crippen molar-refractivity contribution in [3.63, 3.8) is 0 Å². The number of carboxylic acids is 1. The fraction of sp³-hybridized carbons (Fsp3) is 0.273. The summed E-state index contributed by atoms with van der Waals surface area (Å²) in [6.45, 7) is 0.221. The van der Waals surface area contributed by atoms with Crippen molar-refractivity contribution < 1.29 is 19.4 Å². The third-order valence-electron chi connectivity index (χ3n) is 2.38. The number of methoxy groups -OCH3 is 1. The number of hydrogen-bond donors (Lipinski definition) is 3. The highest BCUT2D eigenvalue weighted by Gasteiger charge is 2.26. The van der Waals surface area contributed by atoms with Crippen molar-refractivity contribution in [1.82, 2.24) is 5.32 Å². The standard InChI is InChI=1S/C11H11I3N2O4/c1-15-10(17)4-6(12)5(11(18)19)8(14)9(7(4)13)16-3-20-2/h16H,3H2,1-2H3,(H,15,17)(H,18,19). The number of rotatable bonds is 5. The van der Waals surface area contributed by atoms with E-state index in [1.807, 2.05) is 67.8 Å². The number of anilines is 1. The Morgan fingerprint density at radius 3 is 2.15 bits per heavy atom. The average Bonchev–Trinajstić information content (AvgIpc) is 2.37. The van der Waals surface area contributed by atoms with E-state index in [1.165, 1.54) is 14.2 Å². The maximum atomic E-state index is 12.0. The van der Waals surface area contributed by atoms with Crippen LogP contribution in [0.1, 0.15) is 20.7 Å². The number of carboxylic acid groups (broad SMARTS) is 1. The Morgan fingerprint density at radius 1 is 1.15 bits per heavy atom. The van der Waals surface area contributed by atoms with Crippen molar-refractivity contribution in [1.29, 1.82) is 0 Å². The molecule has 0 atom stereocenters. The second-order valence-electron chi connectivity index (χ2n) is 3.56. The molecule has 0 heterocycles. The summed E-state index contributed by atoms with van der Waals surface area (Å²) in [5.41, 5.74) is 1.05. The minimum atomic E-state index is -1.07. The third kappa shape index (κ3) is 3.65. The van der Waals surface area contributed by atoms with Crippen molar-refractivity contribution in [2.45, 2.75) is 0 Å². The van der Waals surface area contributed by atoms with Crippen LogP contribution in [0, 0.1) is 10.7 Å². The molecule has 0 aliphatic rings. The number of carbonyl (C=O) groups is 2. The number of benzene rings is 1. The molecule has 0 bridgehead atoms. The van der Waals surface area contributed by atoms with Gasteiger partial charge in [-0.05, 0) is 67.8 Å². The maximum absolute atomic E-state index is 12.0. The highest BCUT2D eigenvalue weighted by Crippen LogP contribution is 2.35. The predicted molar refractivity (Wildman–Crippen MR) is 100 cm³/mol. The lowest BCUT2D eigenvalue weighted by atomic mass is 10.1. The fourth-order valence-corrected chi connectivity index (χ4v) is 5.97. The van der Waals surface area contributed by atoms with Gasteiger partial charge in [0.1, 0.15) is 6.73 Å². The van der Waals surface area contributed by atoms with Crippen LogP contribution in [0.5, 0.6) is 0 Å². The third-order valence-corrected chi connectivity index (χ3v) is 5.61. The first kappa shape index (κ1) is 18.2. The van der Waals surface area contributed by atoms with Gasteiger partial charge in [0, 0.05) is 17.7 Å². The lowest BCUT2D eigenvalue weighted by Crippen LogP contribution is -2.24. The Balaban J connectivity index is 3.64. The fourth-order valence-electron chi connectivity index (χ4n) is 1.48.